The summed E-state index contributed by atoms with van der Waals surface area (Å²) in [5, 5.41) is 0. The zero-order chi connectivity index (χ0) is 12.3. The van der Waals surface area contributed by atoms with E-state index in [0.29, 0.717) is 24.5 Å². The first kappa shape index (κ1) is 12.2. The van der Waals surface area contributed by atoms with Gasteiger partial charge in [0, 0.05) is 13.1 Å². The second-order valence-corrected chi connectivity index (χ2v) is 5.61. The number of methoxy groups -OCH3 is 1. The van der Waals surface area contributed by atoms with Crippen LogP contribution in [0.15, 0.2) is 24.3 Å². The van der Waals surface area contributed by atoms with Crippen molar-refractivity contribution < 1.29 is 13.2 Å². The minimum atomic E-state index is -3.39. The zero-order valence-corrected chi connectivity index (χ0v) is 10.5. The van der Waals surface area contributed by atoms with Gasteiger partial charge in [-0.25, -0.2) is 0 Å². The maximum absolute atomic E-state index is 11.9. The molecular formula is C11H16N2O3S. The lowest BCUT2D eigenvalue weighted by molar-refractivity contribution is 0.415. The van der Waals surface area contributed by atoms with Crippen molar-refractivity contribution in [3.8, 4) is 5.75 Å². The SMILES string of the molecule is COc1ccc(NS(=O)(=O)N2CCCC2)cc1. The number of rotatable bonds is 4. The summed E-state index contributed by atoms with van der Waals surface area (Å²) >= 11 is 0. The first-order chi connectivity index (χ1) is 8.12. The van der Waals surface area contributed by atoms with Gasteiger partial charge < -0.3 is 4.74 Å². The predicted octanol–water partition coefficient (Wildman–Crippen LogP) is 1.45. The Hall–Kier alpha value is -1.27. The molecule has 0 spiro atoms. The summed E-state index contributed by atoms with van der Waals surface area (Å²) in [7, 11) is -1.82. The predicted molar refractivity (Wildman–Crippen MR) is 66.3 cm³/mol. The van der Waals surface area contributed by atoms with Crippen LogP contribution in [0.2, 0.25) is 0 Å². The van der Waals surface area contributed by atoms with Gasteiger partial charge in [-0.15, -0.1) is 0 Å². The van der Waals surface area contributed by atoms with Crippen LogP contribution in [0.3, 0.4) is 0 Å². The zero-order valence-electron chi connectivity index (χ0n) is 9.72. The minimum absolute atomic E-state index is 0.553. The summed E-state index contributed by atoms with van der Waals surface area (Å²) in [6.45, 7) is 1.21. The summed E-state index contributed by atoms with van der Waals surface area (Å²) in [5.74, 6) is 0.703. The first-order valence-electron chi connectivity index (χ1n) is 5.54. The van der Waals surface area contributed by atoms with Crippen LogP contribution in [-0.4, -0.2) is 32.9 Å². The van der Waals surface area contributed by atoms with Gasteiger partial charge in [-0.3, -0.25) is 4.72 Å². The van der Waals surface area contributed by atoms with Gasteiger partial charge in [0.05, 0.1) is 12.8 Å². The molecule has 6 heteroatoms. The number of hydrogen-bond acceptors (Lipinski definition) is 3. The van der Waals surface area contributed by atoms with E-state index in [-0.39, 0.29) is 0 Å². The third kappa shape index (κ3) is 2.89. The number of benzene rings is 1. The third-order valence-corrected chi connectivity index (χ3v) is 4.28. The van der Waals surface area contributed by atoms with Crippen molar-refractivity contribution in [2.24, 2.45) is 0 Å². The molecule has 94 valence electrons. The van der Waals surface area contributed by atoms with Crippen molar-refractivity contribution in [2.75, 3.05) is 24.9 Å². The van der Waals surface area contributed by atoms with Crippen LogP contribution in [0, 0.1) is 0 Å². The molecule has 0 saturated carbocycles. The highest BCUT2D eigenvalue weighted by atomic mass is 32.2. The highest BCUT2D eigenvalue weighted by molar-refractivity contribution is 7.90. The molecule has 2 rings (SSSR count). The normalized spacial score (nSPS) is 17.0. The fourth-order valence-electron chi connectivity index (χ4n) is 1.80. The maximum atomic E-state index is 11.9. The Morgan fingerprint density at radius 3 is 2.29 bits per heavy atom. The summed E-state index contributed by atoms with van der Waals surface area (Å²) in [4.78, 5) is 0. The second-order valence-electron chi connectivity index (χ2n) is 3.94. The van der Waals surface area contributed by atoms with Gasteiger partial charge in [-0.05, 0) is 37.1 Å². The van der Waals surface area contributed by atoms with Crippen LogP contribution in [0.25, 0.3) is 0 Å². The largest absolute Gasteiger partial charge is 0.497 e. The molecule has 17 heavy (non-hydrogen) atoms. The molecule has 0 aliphatic carbocycles. The summed E-state index contributed by atoms with van der Waals surface area (Å²) in [6.07, 6.45) is 1.87. The molecule has 5 nitrogen and oxygen atoms in total. The highest BCUT2D eigenvalue weighted by Gasteiger charge is 2.24. The number of hydrogen-bond donors (Lipinski definition) is 1. The van der Waals surface area contributed by atoms with E-state index in [2.05, 4.69) is 4.72 Å². The number of ether oxygens (including phenoxy) is 1. The molecular weight excluding hydrogens is 240 g/mol. The van der Waals surface area contributed by atoms with E-state index in [0.717, 1.165) is 12.8 Å². The van der Waals surface area contributed by atoms with Crippen molar-refractivity contribution in [2.45, 2.75) is 12.8 Å². The molecule has 0 bridgehead atoms. The minimum Gasteiger partial charge on any atom is -0.497 e. The van der Waals surface area contributed by atoms with E-state index in [4.69, 9.17) is 4.74 Å². The summed E-state index contributed by atoms with van der Waals surface area (Å²) in [6, 6.07) is 6.82. The van der Waals surface area contributed by atoms with Crippen molar-refractivity contribution in [1.29, 1.82) is 0 Å². The van der Waals surface area contributed by atoms with Crippen molar-refractivity contribution in [3.63, 3.8) is 0 Å². The van der Waals surface area contributed by atoms with E-state index >= 15 is 0 Å². The lowest BCUT2D eigenvalue weighted by Crippen LogP contribution is -2.33. The van der Waals surface area contributed by atoms with Crippen LogP contribution in [0.5, 0.6) is 5.75 Å². The summed E-state index contributed by atoms with van der Waals surface area (Å²) < 4.78 is 32.9. The Labute approximate surface area is 102 Å². The van der Waals surface area contributed by atoms with Gasteiger partial charge in [-0.2, -0.15) is 12.7 Å². The Morgan fingerprint density at radius 1 is 1.18 bits per heavy atom. The molecule has 1 aliphatic rings. The fraction of sp³-hybridized carbons (Fsp3) is 0.455. The standard InChI is InChI=1S/C11H16N2O3S/c1-16-11-6-4-10(5-7-11)12-17(14,15)13-8-2-3-9-13/h4-7,12H,2-3,8-9H2,1H3. The van der Waals surface area contributed by atoms with Crippen molar-refractivity contribution in [1.82, 2.24) is 4.31 Å². The van der Waals surface area contributed by atoms with Crippen LogP contribution >= 0.6 is 0 Å². The number of anilines is 1. The molecule has 0 radical (unpaired) electrons. The third-order valence-electron chi connectivity index (χ3n) is 2.74. The van der Waals surface area contributed by atoms with Crippen molar-refractivity contribution >= 4 is 15.9 Å². The molecule has 1 aromatic rings. The van der Waals surface area contributed by atoms with E-state index in [9.17, 15) is 8.42 Å². The molecule has 0 unspecified atom stereocenters. The van der Waals surface area contributed by atoms with Gasteiger partial charge >= 0.3 is 10.2 Å². The fourth-order valence-corrected chi connectivity index (χ4v) is 3.10. The Morgan fingerprint density at radius 2 is 1.76 bits per heavy atom. The van der Waals surface area contributed by atoms with Crippen LogP contribution < -0.4 is 9.46 Å². The molecule has 1 N–H and O–H groups in total. The average Bonchev–Trinajstić information content (AvgIpc) is 2.84. The highest BCUT2D eigenvalue weighted by Crippen LogP contribution is 2.19. The molecule has 0 aromatic heterocycles. The van der Waals surface area contributed by atoms with Crippen molar-refractivity contribution in [3.05, 3.63) is 24.3 Å². The van der Waals surface area contributed by atoms with Gasteiger partial charge in [0.2, 0.25) is 0 Å². The molecule has 1 saturated heterocycles. The average molecular weight is 256 g/mol. The van der Waals surface area contributed by atoms with Crippen LogP contribution in [-0.2, 0) is 10.2 Å². The molecule has 0 amide bonds. The van der Waals surface area contributed by atoms with E-state index in [1.807, 2.05) is 0 Å². The van der Waals surface area contributed by atoms with Gasteiger partial charge in [0.1, 0.15) is 5.75 Å². The summed E-state index contributed by atoms with van der Waals surface area (Å²) in [5.41, 5.74) is 0.553. The number of nitrogens with zero attached hydrogens (tertiary/aromatic N) is 1. The van der Waals surface area contributed by atoms with Crippen LogP contribution in [0.1, 0.15) is 12.8 Å². The Kier molecular flexibility index (Phi) is 3.54. The Balaban J connectivity index is 2.08. The van der Waals surface area contributed by atoms with E-state index < -0.39 is 10.2 Å². The topological polar surface area (TPSA) is 58.6 Å². The maximum Gasteiger partial charge on any atom is 0.301 e. The van der Waals surface area contributed by atoms with E-state index in [1.54, 1.807) is 31.4 Å². The monoisotopic (exact) mass is 256 g/mol. The molecule has 1 aliphatic heterocycles. The van der Waals surface area contributed by atoms with Gasteiger partial charge in [-0.1, -0.05) is 0 Å². The molecule has 1 heterocycles. The lowest BCUT2D eigenvalue weighted by Gasteiger charge is -2.16. The van der Waals surface area contributed by atoms with Gasteiger partial charge in [0.15, 0.2) is 0 Å². The lowest BCUT2D eigenvalue weighted by atomic mass is 10.3. The van der Waals surface area contributed by atoms with Crippen LogP contribution in [0.4, 0.5) is 5.69 Å². The molecule has 0 atom stereocenters. The quantitative estimate of drug-likeness (QED) is 0.887. The smallest absolute Gasteiger partial charge is 0.301 e. The Bertz CT molecular complexity index is 464. The second kappa shape index (κ2) is 4.93. The van der Waals surface area contributed by atoms with Gasteiger partial charge in [0.25, 0.3) is 0 Å². The molecule has 1 aromatic carbocycles. The first-order valence-corrected chi connectivity index (χ1v) is 6.98. The number of nitrogens with one attached hydrogen (secondary N) is 1. The van der Waals surface area contributed by atoms with E-state index in [1.165, 1.54) is 4.31 Å². The molecule has 1 fully saturated rings.